The van der Waals surface area contributed by atoms with Gasteiger partial charge in [0.15, 0.2) is 0 Å². The fourth-order valence-corrected chi connectivity index (χ4v) is 4.58. The van der Waals surface area contributed by atoms with E-state index in [1.165, 1.54) is 30.8 Å². The van der Waals surface area contributed by atoms with Gasteiger partial charge in [-0.3, -0.25) is 4.79 Å². The Morgan fingerprint density at radius 3 is 2.96 bits per heavy atom. The lowest BCUT2D eigenvalue weighted by molar-refractivity contribution is 0.0788. The predicted molar refractivity (Wildman–Crippen MR) is 106 cm³/mol. The van der Waals surface area contributed by atoms with Crippen molar-refractivity contribution in [1.29, 1.82) is 0 Å². The van der Waals surface area contributed by atoms with Crippen LogP contribution in [0.3, 0.4) is 0 Å². The van der Waals surface area contributed by atoms with Crippen molar-refractivity contribution in [3.8, 4) is 0 Å². The van der Waals surface area contributed by atoms with Crippen LogP contribution in [0.5, 0.6) is 0 Å². The van der Waals surface area contributed by atoms with Crippen LogP contribution in [0.15, 0.2) is 36.7 Å². The number of fused-ring (bicyclic) bond motifs is 1. The summed E-state index contributed by atoms with van der Waals surface area (Å²) in [6.45, 7) is 4.81. The monoisotopic (exact) mass is 362 g/mol. The van der Waals surface area contributed by atoms with E-state index in [4.69, 9.17) is 0 Å². The van der Waals surface area contributed by atoms with Gasteiger partial charge in [-0.05, 0) is 50.3 Å². The van der Waals surface area contributed by atoms with Gasteiger partial charge in [-0.15, -0.1) is 0 Å². The molecule has 2 aromatic heterocycles. The molecule has 5 heteroatoms. The second-order valence-corrected chi connectivity index (χ2v) is 8.15. The SMILES string of the molecule is Cc1cnc(C2CCC2)n1CC1CCN(C(=O)c2cccc3[nH]ccc23)C1. The topological polar surface area (TPSA) is 53.9 Å². The average Bonchev–Trinajstić information content (AvgIpc) is 3.35. The Hall–Kier alpha value is -2.56. The maximum absolute atomic E-state index is 13.1. The van der Waals surface area contributed by atoms with E-state index in [-0.39, 0.29) is 5.91 Å². The summed E-state index contributed by atoms with van der Waals surface area (Å²) in [5, 5.41) is 1.02. The second-order valence-electron chi connectivity index (χ2n) is 8.15. The number of aryl methyl sites for hydroxylation is 1. The predicted octanol–water partition coefficient (Wildman–Crippen LogP) is 4.10. The van der Waals surface area contributed by atoms with Gasteiger partial charge >= 0.3 is 0 Å². The Labute approximate surface area is 159 Å². The lowest BCUT2D eigenvalue weighted by Gasteiger charge is -2.27. The third kappa shape index (κ3) is 2.85. The largest absolute Gasteiger partial charge is 0.361 e. The van der Waals surface area contributed by atoms with Crippen LogP contribution in [0.2, 0.25) is 0 Å². The van der Waals surface area contributed by atoms with Crippen molar-refractivity contribution in [3.05, 3.63) is 53.7 Å². The third-order valence-corrected chi connectivity index (χ3v) is 6.40. The summed E-state index contributed by atoms with van der Waals surface area (Å²) < 4.78 is 2.41. The summed E-state index contributed by atoms with van der Waals surface area (Å²) in [5.41, 5.74) is 3.08. The maximum atomic E-state index is 13.1. The number of benzene rings is 1. The number of amides is 1. The number of hydrogen-bond donors (Lipinski definition) is 1. The Morgan fingerprint density at radius 2 is 2.15 bits per heavy atom. The molecular weight excluding hydrogens is 336 g/mol. The highest BCUT2D eigenvalue weighted by molar-refractivity contribution is 6.06. The molecule has 2 fully saturated rings. The minimum atomic E-state index is 0.157. The minimum Gasteiger partial charge on any atom is -0.361 e. The Bertz CT molecular complexity index is 981. The highest BCUT2D eigenvalue weighted by Crippen LogP contribution is 2.36. The quantitative estimate of drug-likeness (QED) is 0.760. The summed E-state index contributed by atoms with van der Waals surface area (Å²) in [4.78, 5) is 23.0. The molecule has 0 radical (unpaired) electrons. The first-order valence-corrected chi connectivity index (χ1v) is 10.1. The summed E-state index contributed by atoms with van der Waals surface area (Å²) >= 11 is 0. The first kappa shape index (κ1) is 16.6. The van der Waals surface area contributed by atoms with Gasteiger partial charge in [0.25, 0.3) is 5.91 Å². The van der Waals surface area contributed by atoms with Crippen LogP contribution < -0.4 is 0 Å². The van der Waals surface area contributed by atoms with Crippen molar-refractivity contribution < 1.29 is 4.79 Å². The lowest BCUT2D eigenvalue weighted by Crippen LogP contribution is -2.29. The number of likely N-dealkylation sites (tertiary alicyclic amines) is 1. The molecule has 3 heterocycles. The van der Waals surface area contributed by atoms with E-state index in [2.05, 4.69) is 21.5 Å². The zero-order valence-corrected chi connectivity index (χ0v) is 15.8. The molecule has 1 aliphatic carbocycles. The van der Waals surface area contributed by atoms with E-state index in [9.17, 15) is 4.79 Å². The van der Waals surface area contributed by atoms with Crippen LogP contribution in [0, 0.1) is 12.8 Å². The second kappa shape index (κ2) is 6.55. The number of aromatic amines is 1. The summed E-state index contributed by atoms with van der Waals surface area (Å²) in [5.74, 6) is 2.57. The molecule has 1 aromatic carbocycles. The fourth-order valence-electron chi connectivity index (χ4n) is 4.58. The molecule has 1 N–H and O–H groups in total. The lowest BCUT2D eigenvalue weighted by atomic mass is 9.84. The molecule has 27 heavy (non-hydrogen) atoms. The minimum absolute atomic E-state index is 0.157. The maximum Gasteiger partial charge on any atom is 0.254 e. The van der Waals surface area contributed by atoms with Crippen molar-refractivity contribution in [3.63, 3.8) is 0 Å². The van der Waals surface area contributed by atoms with E-state index in [0.717, 1.165) is 42.5 Å². The van der Waals surface area contributed by atoms with E-state index in [0.29, 0.717) is 11.8 Å². The van der Waals surface area contributed by atoms with E-state index in [1.54, 1.807) is 0 Å². The van der Waals surface area contributed by atoms with E-state index in [1.807, 2.05) is 41.6 Å². The smallest absolute Gasteiger partial charge is 0.254 e. The standard InChI is InChI=1S/C22H26N4O/c1-15-12-24-21(17-4-2-5-17)26(15)14-16-9-11-25(13-16)22(27)19-6-3-7-20-18(19)8-10-23-20/h3,6-8,10,12,16-17,23H,2,4-5,9,11,13-14H2,1H3. The van der Waals surface area contributed by atoms with Crippen molar-refractivity contribution in [1.82, 2.24) is 19.4 Å². The number of aromatic nitrogens is 3. The molecule has 1 atom stereocenters. The molecular formula is C22H26N4O. The molecule has 1 aliphatic heterocycles. The Morgan fingerprint density at radius 1 is 1.26 bits per heavy atom. The van der Waals surface area contributed by atoms with Crippen LogP contribution in [-0.2, 0) is 6.54 Å². The molecule has 1 amide bonds. The van der Waals surface area contributed by atoms with Gasteiger partial charge in [0.1, 0.15) is 5.82 Å². The van der Waals surface area contributed by atoms with Gasteiger partial charge < -0.3 is 14.5 Å². The zero-order chi connectivity index (χ0) is 18.4. The first-order valence-electron chi connectivity index (χ1n) is 10.1. The van der Waals surface area contributed by atoms with Gasteiger partial charge in [0.2, 0.25) is 0 Å². The molecule has 0 spiro atoms. The fraction of sp³-hybridized carbons (Fsp3) is 0.455. The first-order chi connectivity index (χ1) is 13.2. The van der Waals surface area contributed by atoms with Gasteiger partial charge in [0.05, 0.1) is 0 Å². The van der Waals surface area contributed by atoms with E-state index >= 15 is 0 Å². The van der Waals surface area contributed by atoms with Gasteiger partial charge in [-0.1, -0.05) is 12.5 Å². The summed E-state index contributed by atoms with van der Waals surface area (Å²) in [6, 6.07) is 7.92. The summed E-state index contributed by atoms with van der Waals surface area (Å²) in [6.07, 6.45) is 8.85. The molecule has 1 unspecified atom stereocenters. The molecule has 1 saturated carbocycles. The van der Waals surface area contributed by atoms with E-state index < -0.39 is 0 Å². The summed E-state index contributed by atoms with van der Waals surface area (Å²) in [7, 11) is 0. The van der Waals surface area contributed by atoms with Crippen molar-refractivity contribution >= 4 is 16.8 Å². The normalized spacial score (nSPS) is 20.3. The number of nitrogens with one attached hydrogen (secondary N) is 1. The molecule has 2 aliphatic rings. The number of imidazole rings is 1. The number of H-pyrrole nitrogens is 1. The number of carbonyl (C=O) groups excluding carboxylic acids is 1. The third-order valence-electron chi connectivity index (χ3n) is 6.40. The Balaban J connectivity index is 1.31. The van der Waals surface area contributed by atoms with Crippen LogP contribution in [0.1, 0.15) is 53.5 Å². The number of carbonyl (C=O) groups is 1. The van der Waals surface area contributed by atoms with Crippen molar-refractivity contribution in [2.24, 2.45) is 5.92 Å². The van der Waals surface area contributed by atoms with Crippen LogP contribution >= 0.6 is 0 Å². The van der Waals surface area contributed by atoms with Crippen LogP contribution in [0.4, 0.5) is 0 Å². The number of hydrogen-bond acceptors (Lipinski definition) is 2. The highest BCUT2D eigenvalue weighted by Gasteiger charge is 2.30. The van der Waals surface area contributed by atoms with Crippen LogP contribution in [0.25, 0.3) is 10.9 Å². The molecule has 5 nitrogen and oxygen atoms in total. The zero-order valence-electron chi connectivity index (χ0n) is 15.8. The number of nitrogens with zero attached hydrogens (tertiary/aromatic N) is 3. The molecule has 1 saturated heterocycles. The average molecular weight is 362 g/mol. The van der Waals surface area contributed by atoms with Crippen molar-refractivity contribution in [2.45, 2.75) is 45.1 Å². The number of rotatable bonds is 4. The molecule has 140 valence electrons. The van der Waals surface area contributed by atoms with Gasteiger partial charge in [-0.2, -0.15) is 0 Å². The highest BCUT2D eigenvalue weighted by atomic mass is 16.2. The van der Waals surface area contributed by atoms with Crippen molar-refractivity contribution in [2.75, 3.05) is 13.1 Å². The molecule has 5 rings (SSSR count). The molecule has 0 bridgehead atoms. The van der Waals surface area contributed by atoms with Gasteiger partial charge in [0, 0.05) is 60.1 Å². The Kier molecular flexibility index (Phi) is 4.03. The van der Waals surface area contributed by atoms with Gasteiger partial charge in [-0.25, -0.2) is 4.98 Å². The van der Waals surface area contributed by atoms with Crippen LogP contribution in [-0.4, -0.2) is 38.4 Å². The molecule has 3 aromatic rings.